The lowest BCUT2D eigenvalue weighted by Gasteiger charge is -2.32. The summed E-state index contributed by atoms with van der Waals surface area (Å²) in [5.41, 5.74) is 3.67. The standard InChI is InChI=1S/C17H14N2O2/c18-11-14-10-13(17(20)21)7-8-16(14)19-9-3-5-12-4-1-2-6-15(12)19/h1-2,4,6-8,10H,3,5,9H2,(H,20,21). The average molecular weight is 278 g/mol. The number of benzene rings is 2. The lowest BCUT2D eigenvalue weighted by Crippen LogP contribution is -2.25. The molecular formula is C17H14N2O2. The Bertz CT molecular complexity index is 747. The van der Waals surface area contributed by atoms with Crippen molar-refractivity contribution in [3.05, 3.63) is 59.2 Å². The molecule has 1 aliphatic heterocycles. The van der Waals surface area contributed by atoms with E-state index < -0.39 is 5.97 Å². The van der Waals surface area contributed by atoms with Crippen molar-refractivity contribution in [1.29, 1.82) is 5.26 Å². The van der Waals surface area contributed by atoms with Gasteiger partial charge < -0.3 is 10.0 Å². The van der Waals surface area contributed by atoms with Crippen LogP contribution < -0.4 is 4.90 Å². The number of para-hydroxylation sites is 1. The first-order chi connectivity index (χ1) is 10.2. The van der Waals surface area contributed by atoms with Crippen LogP contribution in [0.4, 0.5) is 11.4 Å². The van der Waals surface area contributed by atoms with Crippen molar-refractivity contribution in [2.45, 2.75) is 12.8 Å². The Kier molecular flexibility index (Phi) is 3.33. The van der Waals surface area contributed by atoms with Crippen molar-refractivity contribution in [2.75, 3.05) is 11.4 Å². The first kappa shape index (κ1) is 13.2. The van der Waals surface area contributed by atoms with Crippen LogP contribution in [0.5, 0.6) is 0 Å². The molecule has 4 nitrogen and oxygen atoms in total. The topological polar surface area (TPSA) is 64.3 Å². The number of hydrogen-bond donors (Lipinski definition) is 1. The summed E-state index contributed by atoms with van der Waals surface area (Å²) in [6.07, 6.45) is 2.05. The van der Waals surface area contributed by atoms with Crippen LogP contribution in [-0.4, -0.2) is 17.6 Å². The number of carboxylic acid groups (broad SMARTS) is 1. The first-order valence-corrected chi connectivity index (χ1v) is 6.83. The third-order valence-electron chi connectivity index (χ3n) is 3.76. The molecule has 0 saturated carbocycles. The van der Waals surface area contributed by atoms with Gasteiger partial charge in [0, 0.05) is 12.2 Å². The lowest BCUT2D eigenvalue weighted by atomic mass is 9.99. The number of hydrogen-bond acceptors (Lipinski definition) is 3. The van der Waals surface area contributed by atoms with E-state index in [1.807, 2.05) is 18.2 Å². The number of aryl methyl sites for hydroxylation is 1. The average Bonchev–Trinajstić information content (AvgIpc) is 2.53. The molecule has 0 spiro atoms. The van der Waals surface area contributed by atoms with Crippen LogP contribution in [0.3, 0.4) is 0 Å². The van der Waals surface area contributed by atoms with Crippen LogP contribution in [0.2, 0.25) is 0 Å². The second kappa shape index (κ2) is 5.29. The summed E-state index contributed by atoms with van der Waals surface area (Å²) in [5, 5.41) is 18.4. The van der Waals surface area contributed by atoms with E-state index >= 15 is 0 Å². The number of nitriles is 1. The molecule has 0 fully saturated rings. The Hall–Kier alpha value is -2.80. The number of nitrogens with zero attached hydrogens (tertiary/aromatic N) is 2. The van der Waals surface area contributed by atoms with Gasteiger partial charge in [-0.3, -0.25) is 0 Å². The van der Waals surface area contributed by atoms with Crippen molar-refractivity contribution < 1.29 is 9.90 Å². The van der Waals surface area contributed by atoms with Crippen LogP contribution in [0.15, 0.2) is 42.5 Å². The van der Waals surface area contributed by atoms with Crippen LogP contribution >= 0.6 is 0 Å². The molecule has 0 atom stereocenters. The monoisotopic (exact) mass is 278 g/mol. The lowest BCUT2D eigenvalue weighted by molar-refractivity contribution is 0.0697. The van der Waals surface area contributed by atoms with Crippen molar-refractivity contribution in [3.63, 3.8) is 0 Å². The Morgan fingerprint density at radius 1 is 1.19 bits per heavy atom. The molecule has 1 aliphatic rings. The fraction of sp³-hybridized carbons (Fsp3) is 0.176. The molecule has 2 aromatic carbocycles. The molecule has 3 rings (SSSR count). The number of anilines is 2. The molecule has 0 bridgehead atoms. The number of fused-ring (bicyclic) bond motifs is 1. The molecule has 0 aliphatic carbocycles. The third kappa shape index (κ3) is 2.34. The van der Waals surface area contributed by atoms with E-state index in [1.54, 1.807) is 12.1 Å². The molecule has 1 N–H and O–H groups in total. The smallest absolute Gasteiger partial charge is 0.335 e. The van der Waals surface area contributed by atoms with Gasteiger partial charge in [0.05, 0.1) is 16.8 Å². The highest BCUT2D eigenvalue weighted by molar-refractivity contribution is 5.89. The maximum Gasteiger partial charge on any atom is 0.335 e. The molecule has 0 unspecified atom stereocenters. The van der Waals surface area contributed by atoms with Crippen LogP contribution in [0, 0.1) is 11.3 Å². The van der Waals surface area contributed by atoms with Gasteiger partial charge in [0.25, 0.3) is 0 Å². The zero-order valence-electron chi connectivity index (χ0n) is 11.4. The second-order valence-corrected chi connectivity index (χ2v) is 5.03. The highest BCUT2D eigenvalue weighted by Gasteiger charge is 2.20. The van der Waals surface area contributed by atoms with Gasteiger partial charge in [-0.1, -0.05) is 18.2 Å². The molecule has 0 saturated heterocycles. The SMILES string of the molecule is N#Cc1cc(C(=O)O)ccc1N1CCCc2ccccc21. The number of aromatic carboxylic acids is 1. The van der Waals surface area contributed by atoms with Crippen LogP contribution in [0.25, 0.3) is 0 Å². The second-order valence-electron chi connectivity index (χ2n) is 5.03. The largest absolute Gasteiger partial charge is 0.478 e. The summed E-state index contributed by atoms with van der Waals surface area (Å²) in [6, 6.07) is 15.0. The minimum absolute atomic E-state index is 0.139. The molecule has 4 heteroatoms. The highest BCUT2D eigenvalue weighted by atomic mass is 16.4. The minimum atomic E-state index is -1.02. The van der Waals surface area contributed by atoms with Crippen LogP contribution in [-0.2, 0) is 6.42 Å². The van der Waals surface area contributed by atoms with Crippen molar-refractivity contribution in [2.24, 2.45) is 0 Å². The normalized spacial score (nSPS) is 13.4. The molecule has 21 heavy (non-hydrogen) atoms. The molecule has 0 aromatic heterocycles. The summed E-state index contributed by atoms with van der Waals surface area (Å²) >= 11 is 0. The molecule has 1 heterocycles. The molecule has 0 amide bonds. The van der Waals surface area contributed by atoms with Gasteiger partial charge in [0.15, 0.2) is 0 Å². The zero-order valence-corrected chi connectivity index (χ0v) is 11.4. The Balaban J connectivity index is 2.10. The summed E-state index contributed by atoms with van der Waals surface area (Å²) < 4.78 is 0. The number of carbonyl (C=O) groups is 1. The first-order valence-electron chi connectivity index (χ1n) is 6.83. The fourth-order valence-corrected chi connectivity index (χ4v) is 2.78. The Morgan fingerprint density at radius 3 is 2.76 bits per heavy atom. The van der Waals surface area contributed by atoms with E-state index in [4.69, 9.17) is 5.11 Å². The summed E-state index contributed by atoms with van der Waals surface area (Å²) in [7, 11) is 0. The summed E-state index contributed by atoms with van der Waals surface area (Å²) in [4.78, 5) is 13.1. The zero-order chi connectivity index (χ0) is 14.8. The number of rotatable bonds is 2. The molecule has 0 radical (unpaired) electrons. The predicted molar refractivity (Wildman–Crippen MR) is 79.9 cm³/mol. The minimum Gasteiger partial charge on any atom is -0.478 e. The quantitative estimate of drug-likeness (QED) is 0.915. The van der Waals surface area contributed by atoms with Gasteiger partial charge in [-0.15, -0.1) is 0 Å². The number of carboxylic acids is 1. The summed E-state index contributed by atoms with van der Waals surface area (Å²) in [5.74, 6) is -1.02. The molecule has 104 valence electrons. The van der Waals surface area contributed by atoms with Crippen molar-refractivity contribution in [1.82, 2.24) is 0 Å². The van der Waals surface area contributed by atoms with Gasteiger partial charge >= 0.3 is 5.97 Å². The van der Waals surface area contributed by atoms with E-state index in [1.165, 1.54) is 11.6 Å². The maximum absolute atomic E-state index is 11.0. The fourth-order valence-electron chi connectivity index (χ4n) is 2.78. The van der Waals surface area contributed by atoms with E-state index in [2.05, 4.69) is 17.0 Å². The molecular weight excluding hydrogens is 264 g/mol. The van der Waals surface area contributed by atoms with Crippen LogP contribution in [0.1, 0.15) is 27.9 Å². The van der Waals surface area contributed by atoms with Gasteiger partial charge in [-0.05, 0) is 42.7 Å². The van der Waals surface area contributed by atoms with E-state index in [-0.39, 0.29) is 5.56 Å². The highest BCUT2D eigenvalue weighted by Crippen LogP contribution is 2.35. The molecule has 2 aromatic rings. The van der Waals surface area contributed by atoms with E-state index in [9.17, 15) is 10.1 Å². The van der Waals surface area contributed by atoms with E-state index in [0.717, 1.165) is 30.8 Å². The van der Waals surface area contributed by atoms with Gasteiger partial charge in [0.1, 0.15) is 6.07 Å². The van der Waals surface area contributed by atoms with Gasteiger partial charge in [-0.2, -0.15) is 5.26 Å². The van der Waals surface area contributed by atoms with Crippen molar-refractivity contribution in [3.8, 4) is 6.07 Å². The predicted octanol–water partition coefficient (Wildman–Crippen LogP) is 3.34. The third-order valence-corrected chi connectivity index (χ3v) is 3.76. The Morgan fingerprint density at radius 2 is 2.00 bits per heavy atom. The van der Waals surface area contributed by atoms with E-state index in [0.29, 0.717) is 5.56 Å². The Labute approximate surface area is 122 Å². The van der Waals surface area contributed by atoms with Crippen molar-refractivity contribution >= 4 is 17.3 Å². The summed E-state index contributed by atoms with van der Waals surface area (Å²) in [6.45, 7) is 0.831. The van der Waals surface area contributed by atoms with Gasteiger partial charge in [0.2, 0.25) is 0 Å². The maximum atomic E-state index is 11.0. The van der Waals surface area contributed by atoms with Gasteiger partial charge in [-0.25, -0.2) is 4.79 Å².